The van der Waals surface area contributed by atoms with Crippen molar-refractivity contribution in [3.05, 3.63) is 0 Å². The maximum atomic E-state index is 11.7. The highest BCUT2D eigenvalue weighted by atomic mass is 16.6. The molecular formula is C11H21NO4. The second kappa shape index (κ2) is 4.59. The van der Waals surface area contributed by atoms with Crippen molar-refractivity contribution in [2.75, 3.05) is 33.4 Å². The van der Waals surface area contributed by atoms with E-state index in [0.29, 0.717) is 19.8 Å². The highest BCUT2D eigenvalue weighted by Gasteiger charge is 2.40. The van der Waals surface area contributed by atoms with Gasteiger partial charge in [-0.05, 0) is 20.8 Å². The summed E-state index contributed by atoms with van der Waals surface area (Å²) in [6.45, 7) is 6.96. The van der Waals surface area contributed by atoms with Gasteiger partial charge in [0, 0.05) is 13.6 Å². The van der Waals surface area contributed by atoms with Gasteiger partial charge in [0.2, 0.25) is 0 Å². The Kier molecular flexibility index (Phi) is 3.80. The third-order valence-electron chi connectivity index (χ3n) is 2.43. The first-order valence-electron chi connectivity index (χ1n) is 5.41. The number of ether oxygens (including phenoxy) is 2. The van der Waals surface area contributed by atoms with Crippen LogP contribution in [0.15, 0.2) is 0 Å². The SMILES string of the molecule is CN(CC1(CO)COC1)C(=O)OC(C)(C)C. The molecule has 1 fully saturated rings. The number of aliphatic hydroxyl groups excluding tert-OH is 1. The standard InChI is InChI=1S/C11H21NO4/c1-10(2,3)16-9(14)12(4)5-11(6-13)7-15-8-11/h13H,5-8H2,1-4H3. The van der Waals surface area contributed by atoms with Crippen LogP contribution in [0.25, 0.3) is 0 Å². The lowest BCUT2D eigenvalue weighted by Crippen LogP contribution is -2.54. The largest absolute Gasteiger partial charge is 0.444 e. The van der Waals surface area contributed by atoms with Crippen LogP contribution in [0, 0.1) is 5.41 Å². The van der Waals surface area contributed by atoms with Crippen molar-refractivity contribution in [2.24, 2.45) is 5.41 Å². The normalized spacial score (nSPS) is 18.8. The Hall–Kier alpha value is -0.810. The first-order valence-corrected chi connectivity index (χ1v) is 5.41. The molecule has 0 radical (unpaired) electrons. The monoisotopic (exact) mass is 231 g/mol. The number of amides is 1. The smallest absolute Gasteiger partial charge is 0.410 e. The third kappa shape index (κ3) is 3.35. The maximum absolute atomic E-state index is 11.7. The molecule has 0 saturated carbocycles. The van der Waals surface area contributed by atoms with Crippen molar-refractivity contribution in [2.45, 2.75) is 26.4 Å². The lowest BCUT2D eigenvalue weighted by atomic mass is 9.86. The first-order chi connectivity index (χ1) is 7.28. The number of carbonyl (C=O) groups excluding carboxylic acids is 1. The number of aliphatic hydroxyl groups is 1. The van der Waals surface area contributed by atoms with Gasteiger partial charge in [-0.3, -0.25) is 0 Å². The molecule has 16 heavy (non-hydrogen) atoms. The molecule has 1 heterocycles. The van der Waals surface area contributed by atoms with Crippen molar-refractivity contribution in [3.8, 4) is 0 Å². The molecule has 0 aromatic rings. The predicted octanol–water partition coefficient (Wildman–Crippen LogP) is 0.862. The molecule has 1 amide bonds. The molecule has 0 spiro atoms. The minimum atomic E-state index is -0.492. The van der Waals surface area contributed by atoms with Gasteiger partial charge in [-0.15, -0.1) is 0 Å². The van der Waals surface area contributed by atoms with Gasteiger partial charge in [0.15, 0.2) is 0 Å². The second-order valence-electron chi connectivity index (χ2n) is 5.49. The summed E-state index contributed by atoms with van der Waals surface area (Å²) < 4.78 is 10.3. The molecule has 1 aliphatic heterocycles. The molecule has 0 bridgehead atoms. The van der Waals surface area contributed by atoms with E-state index in [1.807, 2.05) is 20.8 Å². The van der Waals surface area contributed by atoms with Gasteiger partial charge in [0.25, 0.3) is 0 Å². The van der Waals surface area contributed by atoms with Crippen LogP contribution in [-0.4, -0.2) is 55.1 Å². The zero-order valence-corrected chi connectivity index (χ0v) is 10.4. The Morgan fingerprint density at radius 1 is 1.50 bits per heavy atom. The Labute approximate surface area is 96.3 Å². The number of hydrogen-bond donors (Lipinski definition) is 1. The lowest BCUT2D eigenvalue weighted by molar-refractivity contribution is -0.145. The van der Waals surface area contributed by atoms with Gasteiger partial charge < -0.3 is 19.5 Å². The zero-order valence-electron chi connectivity index (χ0n) is 10.4. The fraction of sp³-hybridized carbons (Fsp3) is 0.909. The Balaban J connectivity index is 2.45. The molecule has 0 aromatic heterocycles. The summed E-state index contributed by atoms with van der Waals surface area (Å²) in [6.07, 6.45) is -0.368. The van der Waals surface area contributed by atoms with Crippen LogP contribution in [-0.2, 0) is 9.47 Å². The summed E-state index contributed by atoms with van der Waals surface area (Å²) in [7, 11) is 1.67. The van der Waals surface area contributed by atoms with Crippen LogP contribution in [0.1, 0.15) is 20.8 Å². The Bertz CT molecular complexity index is 250. The molecule has 1 aliphatic rings. The second-order valence-corrected chi connectivity index (χ2v) is 5.49. The Morgan fingerprint density at radius 3 is 2.38 bits per heavy atom. The van der Waals surface area contributed by atoms with Crippen LogP contribution >= 0.6 is 0 Å². The number of rotatable bonds is 3. The number of nitrogens with zero attached hydrogens (tertiary/aromatic N) is 1. The third-order valence-corrected chi connectivity index (χ3v) is 2.43. The Morgan fingerprint density at radius 2 is 2.06 bits per heavy atom. The zero-order chi connectivity index (χ0) is 12.4. The van der Waals surface area contributed by atoms with Gasteiger partial charge in [-0.25, -0.2) is 4.79 Å². The molecular weight excluding hydrogens is 210 g/mol. The number of carbonyl (C=O) groups is 1. The molecule has 0 atom stereocenters. The lowest BCUT2D eigenvalue weighted by Gasteiger charge is -2.42. The van der Waals surface area contributed by atoms with E-state index in [9.17, 15) is 9.90 Å². The summed E-state index contributed by atoms with van der Waals surface area (Å²) in [5, 5.41) is 9.24. The van der Waals surface area contributed by atoms with Crippen LogP contribution in [0.3, 0.4) is 0 Å². The van der Waals surface area contributed by atoms with E-state index >= 15 is 0 Å². The molecule has 0 aromatic carbocycles. The quantitative estimate of drug-likeness (QED) is 0.782. The predicted molar refractivity (Wildman–Crippen MR) is 59.2 cm³/mol. The van der Waals surface area contributed by atoms with Crippen molar-refractivity contribution >= 4 is 6.09 Å². The molecule has 0 unspecified atom stereocenters. The first kappa shape index (κ1) is 13.3. The van der Waals surface area contributed by atoms with Crippen LogP contribution in [0.2, 0.25) is 0 Å². The van der Waals surface area contributed by atoms with Crippen molar-refractivity contribution in [3.63, 3.8) is 0 Å². The van der Waals surface area contributed by atoms with E-state index in [1.165, 1.54) is 4.90 Å². The van der Waals surface area contributed by atoms with E-state index < -0.39 is 5.60 Å². The fourth-order valence-corrected chi connectivity index (χ4v) is 1.53. The fourth-order valence-electron chi connectivity index (χ4n) is 1.53. The van der Waals surface area contributed by atoms with E-state index in [-0.39, 0.29) is 18.1 Å². The number of hydrogen-bond acceptors (Lipinski definition) is 4. The summed E-state index contributed by atoms with van der Waals surface area (Å²) in [5.74, 6) is 0. The average molecular weight is 231 g/mol. The van der Waals surface area contributed by atoms with Crippen molar-refractivity contribution < 1.29 is 19.4 Å². The molecule has 1 rings (SSSR count). The van der Waals surface area contributed by atoms with Crippen molar-refractivity contribution in [1.29, 1.82) is 0 Å². The average Bonchev–Trinajstić information content (AvgIpc) is 2.08. The summed E-state index contributed by atoms with van der Waals surface area (Å²) >= 11 is 0. The van der Waals surface area contributed by atoms with E-state index in [0.717, 1.165) is 0 Å². The van der Waals surface area contributed by atoms with Gasteiger partial charge in [-0.2, -0.15) is 0 Å². The topological polar surface area (TPSA) is 59.0 Å². The van der Waals surface area contributed by atoms with Crippen molar-refractivity contribution in [1.82, 2.24) is 4.90 Å². The molecule has 5 nitrogen and oxygen atoms in total. The van der Waals surface area contributed by atoms with E-state index in [1.54, 1.807) is 7.05 Å². The van der Waals surface area contributed by atoms with Crippen LogP contribution < -0.4 is 0 Å². The summed E-state index contributed by atoms with van der Waals surface area (Å²) in [5.41, 5.74) is -0.792. The summed E-state index contributed by atoms with van der Waals surface area (Å²) in [6, 6.07) is 0. The molecule has 94 valence electrons. The maximum Gasteiger partial charge on any atom is 0.410 e. The molecule has 0 aliphatic carbocycles. The van der Waals surface area contributed by atoms with Gasteiger partial charge >= 0.3 is 6.09 Å². The minimum Gasteiger partial charge on any atom is -0.444 e. The molecule has 5 heteroatoms. The highest BCUT2D eigenvalue weighted by molar-refractivity contribution is 5.67. The van der Waals surface area contributed by atoms with Crippen LogP contribution in [0.4, 0.5) is 4.79 Å². The van der Waals surface area contributed by atoms with E-state index in [2.05, 4.69) is 0 Å². The summed E-state index contributed by atoms with van der Waals surface area (Å²) in [4.78, 5) is 13.2. The van der Waals surface area contributed by atoms with E-state index in [4.69, 9.17) is 9.47 Å². The molecule has 1 saturated heterocycles. The van der Waals surface area contributed by atoms with Gasteiger partial charge in [0.1, 0.15) is 5.60 Å². The highest BCUT2D eigenvalue weighted by Crippen LogP contribution is 2.27. The van der Waals surface area contributed by atoms with Gasteiger partial charge in [-0.1, -0.05) is 0 Å². The van der Waals surface area contributed by atoms with Crippen LogP contribution in [0.5, 0.6) is 0 Å². The minimum absolute atomic E-state index is 0.0279. The van der Waals surface area contributed by atoms with Gasteiger partial charge in [0.05, 0.1) is 25.2 Å². The molecule has 1 N–H and O–H groups in total.